The first-order valence-corrected chi connectivity index (χ1v) is 8.84. The second-order valence-electron chi connectivity index (χ2n) is 6.57. The first kappa shape index (κ1) is 18.2. The third kappa shape index (κ3) is 5.47. The molecule has 1 N–H and O–H groups in total. The van der Waals surface area contributed by atoms with Gasteiger partial charge in [-0.3, -0.25) is 0 Å². The highest BCUT2D eigenvalue weighted by atomic mass is 14.9. The van der Waals surface area contributed by atoms with Crippen LogP contribution in [-0.4, -0.2) is 6.54 Å². The molecule has 0 fully saturated rings. The monoisotopic (exact) mass is 289 g/mol. The SMILES string of the molecule is CCCCC(CC)CC(NCC)c1c(C)cc(C)cc1C. The van der Waals surface area contributed by atoms with Gasteiger partial charge in [0.2, 0.25) is 0 Å². The van der Waals surface area contributed by atoms with Crippen molar-refractivity contribution in [2.75, 3.05) is 6.54 Å². The van der Waals surface area contributed by atoms with Crippen molar-refractivity contribution < 1.29 is 0 Å². The van der Waals surface area contributed by atoms with Crippen LogP contribution >= 0.6 is 0 Å². The lowest BCUT2D eigenvalue weighted by atomic mass is 9.85. The predicted molar refractivity (Wildman–Crippen MR) is 95.0 cm³/mol. The predicted octanol–water partition coefficient (Wildman–Crippen LogP) is 5.87. The molecule has 21 heavy (non-hydrogen) atoms. The second-order valence-corrected chi connectivity index (χ2v) is 6.57. The van der Waals surface area contributed by atoms with Crippen LogP contribution in [0.4, 0.5) is 0 Å². The van der Waals surface area contributed by atoms with Crippen molar-refractivity contribution in [3.05, 3.63) is 34.4 Å². The molecule has 1 nitrogen and oxygen atoms in total. The standard InChI is InChI=1S/C20H35N/c1-7-10-11-18(8-2)14-19(21-9-3)20-16(5)12-15(4)13-17(20)6/h12-13,18-19,21H,7-11,14H2,1-6H3. The minimum Gasteiger partial charge on any atom is -0.310 e. The Morgan fingerprint density at radius 1 is 1.00 bits per heavy atom. The summed E-state index contributed by atoms with van der Waals surface area (Å²) in [6, 6.07) is 5.18. The number of benzene rings is 1. The third-order valence-electron chi connectivity index (χ3n) is 4.65. The fourth-order valence-electron chi connectivity index (χ4n) is 3.61. The molecule has 0 saturated carbocycles. The van der Waals surface area contributed by atoms with Gasteiger partial charge in [0.15, 0.2) is 0 Å². The van der Waals surface area contributed by atoms with Crippen molar-refractivity contribution in [3.63, 3.8) is 0 Å². The molecular formula is C20H35N. The summed E-state index contributed by atoms with van der Waals surface area (Å²) in [5.41, 5.74) is 5.81. The average molecular weight is 290 g/mol. The van der Waals surface area contributed by atoms with Crippen LogP contribution in [-0.2, 0) is 0 Å². The quantitative estimate of drug-likeness (QED) is 0.599. The van der Waals surface area contributed by atoms with Gasteiger partial charge >= 0.3 is 0 Å². The first-order valence-electron chi connectivity index (χ1n) is 8.84. The lowest BCUT2D eigenvalue weighted by molar-refractivity contribution is 0.355. The Hall–Kier alpha value is -0.820. The number of rotatable bonds is 9. The van der Waals surface area contributed by atoms with Gasteiger partial charge in [-0.1, -0.05) is 64.2 Å². The number of hydrogen-bond acceptors (Lipinski definition) is 1. The van der Waals surface area contributed by atoms with Crippen molar-refractivity contribution >= 4 is 0 Å². The van der Waals surface area contributed by atoms with Crippen LogP contribution < -0.4 is 5.32 Å². The van der Waals surface area contributed by atoms with E-state index in [1.807, 2.05) is 0 Å². The van der Waals surface area contributed by atoms with Gasteiger partial charge in [0.25, 0.3) is 0 Å². The number of aryl methyl sites for hydroxylation is 3. The zero-order chi connectivity index (χ0) is 15.8. The normalized spacial score (nSPS) is 14.2. The number of nitrogens with one attached hydrogen (secondary N) is 1. The van der Waals surface area contributed by atoms with Crippen LogP contribution in [0.15, 0.2) is 12.1 Å². The number of unbranched alkanes of at least 4 members (excludes halogenated alkanes) is 1. The van der Waals surface area contributed by atoms with Crippen molar-refractivity contribution in [1.29, 1.82) is 0 Å². The van der Waals surface area contributed by atoms with Gasteiger partial charge < -0.3 is 5.32 Å². The van der Waals surface area contributed by atoms with E-state index in [-0.39, 0.29) is 0 Å². The summed E-state index contributed by atoms with van der Waals surface area (Å²) in [6.07, 6.45) is 6.62. The summed E-state index contributed by atoms with van der Waals surface area (Å²) in [5.74, 6) is 0.842. The molecule has 120 valence electrons. The van der Waals surface area contributed by atoms with E-state index in [4.69, 9.17) is 0 Å². The van der Waals surface area contributed by atoms with Crippen molar-refractivity contribution in [1.82, 2.24) is 5.32 Å². The summed E-state index contributed by atoms with van der Waals surface area (Å²) >= 11 is 0. The van der Waals surface area contributed by atoms with E-state index in [9.17, 15) is 0 Å². The van der Waals surface area contributed by atoms with Crippen molar-refractivity contribution in [3.8, 4) is 0 Å². The molecule has 0 aliphatic rings. The largest absolute Gasteiger partial charge is 0.310 e. The molecule has 2 atom stereocenters. The molecule has 1 heteroatoms. The van der Waals surface area contributed by atoms with Gasteiger partial charge in [0.1, 0.15) is 0 Å². The summed E-state index contributed by atoms with van der Waals surface area (Å²) in [7, 11) is 0. The van der Waals surface area contributed by atoms with Gasteiger partial charge in [-0.2, -0.15) is 0 Å². The number of hydrogen-bond donors (Lipinski definition) is 1. The molecule has 1 aromatic carbocycles. The van der Waals surface area contributed by atoms with Crippen LogP contribution in [0.5, 0.6) is 0 Å². The van der Waals surface area contributed by atoms with Crippen LogP contribution in [0, 0.1) is 26.7 Å². The Morgan fingerprint density at radius 2 is 1.62 bits per heavy atom. The molecule has 0 aliphatic heterocycles. The summed E-state index contributed by atoms with van der Waals surface area (Å²) in [6.45, 7) is 14.6. The molecular weight excluding hydrogens is 254 g/mol. The van der Waals surface area contributed by atoms with E-state index in [2.05, 4.69) is 59.0 Å². The third-order valence-corrected chi connectivity index (χ3v) is 4.65. The lowest BCUT2D eigenvalue weighted by Crippen LogP contribution is -2.25. The zero-order valence-electron chi connectivity index (χ0n) is 15.1. The molecule has 1 rings (SSSR count). The highest BCUT2D eigenvalue weighted by Gasteiger charge is 2.19. The lowest BCUT2D eigenvalue weighted by Gasteiger charge is -2.27. The van der Waals surface area contributed by atoms with E-state index in [0.29, 0.717) is 6.04 Å². The van der Waals surface area contributed by atoms with Gasteiger partial charge in [0, 0.05) is 6.04 Å². The van der Waals surface area contributed by atoms with Gasteiger partial charge in [0.05, 0.1) is 0 Å². The summed E-state index contributed by atoms with van der Waals surface area (Å²) < 4.78 is 0. The molecule has 0 saturated heterocycles. The Labute approximate surface area is 132 Å². The Balaban J connectivity index is 2.95. The van der Waals surface area contributed by atoms with Crippen LogP contribution in [0.2, 0.25) is 0 Å². The average Bonchev–Trinajstić information content (AvgIpc) is 2.42. The fraction of sp³-hybridized carbons (Fsp3) is 0.700. The summed E-state index contributed by atoms with van der Waals surface area (Å²) in [5, 5.41) is 3.74. The molecule has 0 aliphatic carbocycles. The Bertz CT molecular complexity index is 399. The minimum absolute atomic E-state index is 0.511. The van der Waals surface area contributed by atoms with Crippen LogP contribution in [0.1, 0.15) is 81.2 Å². The van der Waals surface area contributed by atoms with E-state index < -0.39 is 0 Å². The first-order chi connectivity index (χ1) is 10.0. The van der Waals surface area contributed by atoms with Crippen molar-refractivity contribution in [2.24, 2.45) is 5.92 Å². The topological polar surface area (TPSA) is 12.0 Å². The van der Waals surface area contributed by atoms with Crippen LogP contribution in [0.3, 0.4) is 0 Å². The van der Waals surface area contributed by atoms with E-state index >= 15 is 0 Å². The van der Waals surface area contributed by atoms with E-state index in [1.54, 1.807) is 0 Å². The molecule has 0 radical (unpaired) electrons. The highest BCUT2D eigenvalue weighted by molar-refractivity contribution is 5.39. The highest BCUT2D eigenvalue weighted by Crippen LogP contribution is 2.31. The maximum absolute atomic E-state index is 3.74. The van der Waals surface area contributed by atoms with Gasteiger partial charge in [-0.25, -0.2) is 0 Å². The fourth-order valence-corrected chi connectivity index (χ4v) is 3.61. The van der Waals surface area contributed by atoms with Crippen LogP contribution in [0.25, 0.3) is 0 Å². The minimum atomic E-state index is 0.511. The molecule has 0 amide bonds. The molecule has 0 heterocycles. The Morgan fingerprint density at radius 3 is 2.10 bits per heavy atom. The smallest absolute Gasteiger partial charge is 0.0328 e. The van der Waals surface area contributed by atoms with Gasteiger partial charge in [-0.05, 0) is 56.3 Å². The maximum atomic E-state index is 3.74. The van der Waals surface area contributed by atoms with Crippen molar-refractivity contribution in [2.45, 2.75) is 79.7 Å². The molecule has 0 bridgehead atoms. The molecule has 1 aromatic rings. The molecule has 2 unspecified atom stereocenters. The molecule has 0 spiro atoms. The van der Waals surface area contributed by atoms with Gasteiger partial charge in [-0.15, -0.1) is 0 Å². The molecule has 0 aromatic heterocycles. The maximum Gasteiger partial charge on any atom is 0.0328 e. The second kappa shape index (κ2) is 9.25. The zero-order valence-corrected chi connectivity index (χ0v) is 15.1. The summed E-state index contributed by atoms with van der Waals surface area (Å²) in [4.78, 5) is 0. The Kier molecular flexibility index (Phi) is 8.03. The van der Waals surface area contributed by atoms with E-state index in [1.165, 1.54) is 54.4 Å². The van der Waals surface area contributed by atoms with E-state index in [0.717, 1.165) is 12.5 Å².